The molecular formula is C38H30F8N2O8. The summed E-state index contributed by atoms with van der Waals surface area (Å²) in [5.41, 5.74) is -0.262. The number of nitrogens with one attached hydrogen (secondary N) is 2. The van der Waals surface area contributed by atoms with Gasteiger partial charge in [0.15, 0.2) is 0 Å². The van der Waals surface area contributed by atoms with Gasteiger partial charge in [0, 0.05) is 47.5 Å². The zero-order valence-electron chi connectivity index (χ0n) is 29.7. The van der Waals surface area contributed by atoms with Crippen molar-refractivity contribution in [2.75, 3.05) is 27.4 Å². The third-order valence-corrected chi connectivity index (χ3v) is 10.5. The van der Waals surface area contributed by atoms with Crippen LogP contribution in [0, 0.1) is 23.3 Å². The molecule has 6 aliphatic rings. The Bertz CT molecular complexity index is 2120. The molecule has 0 saturated heterocycles. The van der Waals surface area contributed by atoms with Crippen LogP contribution in [0.3, 0.4) is 0 Å². The molecule has 0 bridgehead atoms. The fourth-order valence-electron chi connectivity index (χ4n) is 7.79. The molecule has 0 unspecified atom stereocenters. The van der Waals surface area contributed by atoms with E-state index in [-0.39, 0.29) is 58.0 Å². The summed E-state index contributed by atoms with van der Waals surface area (Å²) in [5.74, 6) is -19.4. The zero-order valence-corrected chi connectivity index (χ0v) is 29.7. The van der Waals surface area contributed by atoms with Crippen molar-refractivity contribution in [1.82, 2.24) is 10.6 Å². The molecule has 56 heavy (non-hydrogen) atoms. The Morgan fingerprint density at radius 2 is 1.00 bits per heavy atom. The Morgan fingerprint density at radius 1 is 0.661 bits per heavy atom. The fourth-order valence-corrected chi connectivity index (χ4v) is 7.79. The second kappa shape index (κ2) is 13.5. The monoisotopic (exact) mass is 794 g/mol. The minimum absolute atomic E-state index is 0.0405. The van der Waals surface area contributed by atoms with Crippen LogP contribution in [0.4, 0.5) is 35.1 Å². The van der Waals surface area contributed by atoms with E-state index >= 15 is 0 Å². The Morgan fingerprint density at radius 3 is 1.30 bits per heavy atom. The van der Waals surface area contributed by atoms with Crippen molar-refractivity contribution in [2.45, 2.75) is 62.2 Å². The van der Waals surface area contributed by atoms with Crippen LogP contribution in [0.2, 0.25) is 0 Å². The summed E-state index contributed by atoms with van der Waals surface area (Å²) in [6.07, 6.45) is -1.19. The highest BCUT2D eigenvalue weighted by molar-refractivity contribution is 6.02. The number of halogens is 8. The fraction of sp³-hybridized carbons (Fsp3) is 0.368. The van der Waals surface area contributed by atoms with Crippen molar-refractivity contribution >= 4 is 23.9 Å². The summed E-state index contributed by atoms with van der Waals surface area (Å²) < 4.78 is 132. The number of cyclic esters (lactones) is 2. The van der Waals surface area contributed by atoms with E-state index in [0.29, 0.717) is 23.5 Å². The lowest BCUT2D eigenvalue weighted by molar-refractivity contribution is -0.138. The van der Waals surface area contributed by atoms with Gasteiger partial charge in [-0.15, -0.1) is 0 Å². The van der Waals surface area contributed by atoms with Crippen molar-refractivity contribution in [3.63, 3.8) is 0 Å². The highest BCUT2D eigenvalue weighted by Crippen LogP contribution is 2.60. The Balaban J connectivity index is 0.000000172. The number of esters is 4. The first kappa shape index (κ1) is 38.6. The van der Waals surface area contributed by atoms with E-state index in [2.05, 4.69) is 10.6 Å². The number of alkyl halides is 4. The van der Waals surface area contributed by atoms with Gasteiger partial charge in [0.2, 0.25) is 0 Å². The van der Waals surface area contributed by atoms with Crippen molar-refractivity contribution in [3.8, 4) is 0 Å². The lowest BCUT2D eigenvalue weighted by Crippen LogP contribution is -2.30. The molecule has 18 heteroatoms. The topological polar surface area (TPSA) is 129 Å². The summed E-state index contributed by atoms with van der Waals surface area (Å²) in [5, 5.41) is 5.72. The highest BCUT2D eigenvalue weighted by Gasteiger charge is 2.61. The minimum atomic E-state index is -3.14. The number of rotatable bonds is 6. The Kier molecular flexibility index (Phi) is 9.31. The van der Waals surface area contributed by atoms with Gasteiger partial charge in [0.1, 0.15) is 36.5 Å². The van der Waals surface area contributed by atoms with Crippen molar-refractivity contribution in [3.05, 3.63) is 115 Å². The molecule has 0 aromatic heterocycles. The molecule has 10 nitrogen and oxygen atoms in total. The summed E-state index contributed by atoms with van der Waals surface area (Å²) >= 11 is 0. The molecule has 296 valence electrons. The summed E-state index contributed by atoms with van der Waals surface area (Å²) in [4.78, 5) is 49.5. The van der Waals surface area contributed by atoms with Gasteiger partial charge >= 0.3 is 23.9 Å². The first-order valence-corrected chi connectivity index (χ1v) is 17.0. The van der Waals surface area contributed by atoms with E-state index in [1.165, 1.54) is 13.8 Å². The number of methoxy groups -OCH3 is 2. The molecule has 2 aliphatic carbocycles. The quantitative estimate of drug-likeness (QED) is 0.202. The third kappa shape index (κ3) is 6.37. The third-order valence-electron chi connectivity index (χ3n) is 10.5. The second-order valence-corrected chi connectivity index (χ2v) is 13.9. The predicted octanol–water partition coefficient (Wildman–Crippen LogP) is 6.06. The van der Waals surface area contributed by atoms with Crippen molar-refractivity contribution in [1.29, 1.82) is 0 Å². The number of carbonyl (C=O) groups excluding carboxylic acids is 4. The van der Waals surface area contributed by atoms with Crippen molar-refractivity contribution in [2.24, 2.45) is 0 Å². The van der Waals surface area contributed by atoms with Gasteiger partial charge in [0.05, 0.1) is 71.6 Å². The lowest BCUT2D eigenvalue weighted by Gasteiger charge is -2.29. The molecule has 2 aromatic rings. The number of benzene rings is 2. The molecule has 0 radical (unpaired) electrons. The molecule has 4 aliphatic heterocycles. The lowest BCUT2D eigenvalue weighted by atomic mass is 9.78. The zero-order chi connectivity index (χ0) is 40.8. The number of allylic oxidation sites excluding steroid dienone is 2. The first-order chi connectivity index (χ1) is 26.3. The van der Waals surface area contributed by atoms with E-state index in [9.17, 15) is 54.3 Å². The van der Waals surface area contributed by atoms with E-state index in [1.54, 1.807) is 0 Å². The van der Waals surface area contributed by atoms with Gasteiger partial charge < -0.3 is 29.6 Å². The maximum absolute atomic E-state index is 14.6. The van der Waals surface area contributed by atoms with Crippen molar-refractivity contribution < 1.29 is 73.2 Å². The number of hydrogen-bond donors (Lipinski definition) is 2. The average molecular weight is 795 g/mol. The van der Waals surface area contributed by atoms with Gasteiger partial charge in [-0.3, -0.25) is 0 Å². The molecule has 8 rings (SSSR count). The summed E-state index contributed by atoms with van der Waals surface area (Å²) in [6.45, 7) is 2.80. The first-order valence-electron chi connectivity index (χ1n) is 17.0. The summed E-state index contributed by atoms with van der Waals surface area (Å²) in [6, 6.07) is 2.81. The van der Waals surface area contributed by atoms with Crippen LogP contribution in [0.1, 0.15) is 72.6 Å². The van der Waals surface area contributed by atoms with Gasteiger partial charge in [-0.25, -0.2) is 54.3 Å². The van der Waals surface area contributed by atoms with Crippen LogP contribution in [0.5, 0.6) is 0 Å². The smallest absolute Gasteiger partial charge is 0.337 e. The molecule has 2 fully saturated rings. The number of ether oxygens (including phenoxy) is 4. The Hall–Kier alpha value is -5.68. The average Bonchev–Trinajstić information content (AvgIpc) is 3.81. The Labute approximate surface area is 312 Å². The van der Waals surface area contributed by atoms with E-state index in [4.69, 9.17) is 18.9 Å². The molecular weight excluding hydrogens is 764 g/mol. The van der Waals surface area contributed by atoms with Crippen LogP contribution < -0.4 is 10.6 Å². The molecule has 4 heterocycles. The number of dihydropyridines is 2. The maximum atomic E-state index is 14.6. The van der Waals surface area contributed by atoms with Crippen LogP contribution in [0.15, 0.2) is 69.3 Å². The van der Waals surface area contributed by atoms with Crippen LogP contribution in [-0.2, 0) is 38.1 Å². The van der Waals surface area contributed by atoms with Crippen LogP contribution in [0.25, 0.3) is 0 Å². The van der Waals surface area contributed by atoms with Gasteiger partial charge in [-0.05, 0) is 37.1 Å². The van der Waals surface area contributed by atoms with Gasteiger partial charge in [-0.1, -0.05) is 0 Å². The maximum Gasteiger partial charge on any atom is 0.337 e. The SMILES string of the molecule is COC(=O)C1=C(C)NC2=C(C(=O)OC2)[C@H]1c1cc(F)cc(F)c1[C@@H]1CC1(F)F.COC(=O)C1=C(C)NC2=C(C(=O)OC2)[C@H]1c1cc(F)cc(F)c1[C@H]1CC1(F)F. The van der Waals surface area contributed by atoms with E-state index in [0.717, 1.165) is 26.4 Å². The molecule has 2 saturated carbocycles. The van der Waals surface area contributed by atoms with Gasteiger partial charge in [-0.2, -0.15) is 0 Å². The van der Waals surface area contributed by atoms with Crippen LogP contribution >= 0.6 is 0 Å². The molecule has 4 atom stereocenters. The van der Waals surface area contributed by atoms with Crippen LogP contribution in [-0.4, -0.2) is 63.2 Å². The normalized spacial score (nSPS) is 25.3. The molecule has 2 N–H and O–H groups in total. The largest absolute Gasteiger partial charge is 0.466 e. The van der Waals surface area contributed by atoms with Gasteiger partial charge in [0.25, 0.3) is 11.8 Å². The number of hydrogen-bond acceptors (Lipinski definition) is 10. The van der Waals surface area contributed by atoms with E-state index in [1.807, 2.05) is 0 Å². The molecule has 2 aromatic carbocycles. The van der Waals surface area contributed by atoms with E-state index < -0.39 is 107 Å². The standard InChI is InChI=1S/2C19H15F4NO4/c2*1-7-13(17(25)27-2)15(16-12(24-7)6-28-18(16)26)9-3-8(20)4-11(21)14(9)10-5-19(10,22)23/h2*3-4,10,15,24H,5-6H2,1-2H3/t10-,15+;10-,15-/m10/s1. The number of carbonyl (C=O) groups is 4. The second-order valence-electron chi connectivity index (χ2n) is 13.9. The highest BCUT2D eigenvalue weighted by atomic mass is 19.3. The molecule has 0 amide bonds. The minimum Gasteiger partial charge on any atom is -0.466 e. The molecule has 0 spiro atoms. The predicted molar refractivity (Wildman–Crippen MR) is 174 cm³/mol. The summed E-state index contributed by atoms with van der Waals surface area (Å²) in [7, 11) is 2.22.